The molecule has 0 heterocycles. The molecule has 2 nitrogen and oxygen atoms in total. The fourth-order valence-corrected chi connectivity index (χ4v) is 2.22. The smallest absolute Gasteiger partial charge is 0.127 e. The third kappa shape index (κ3) is 3.61. The molecule has 1 N–H and O–H groups in total. The van der Waals surface area contributed by atoms with E-state index in [0.717, 1.165) is 17.9 Å². The van der Waals surface area contributed by atoms with Crippen molar-refractivity contribution in [2.24, 2.45) is 0 Å². The van der Waals surface area contributed by atoms with Crippen LogP contribution in [0.4, 0.5) is 0 Å². The van der Waals surface area contributed by atoms with Crippen LogP contribution in [0.2, 0.25) is 0 Å². The van der Waals surface area contributed by atoms with Gasteiger partial charge in [0.25, 0.3) is 0 Å². The Bertz CT molecular complexity index is 549. The molecular weight excluding hydrogens is 246 g/mol. The van der Waals surface area contributed by atoms with Crippen LogP contribution < -0.4 is 10.1 Å². The van der Waals surface area contributed by atoms with Crippen LogP contribution in [0, 0.1) is 0 Å². The molecule has 0 radical (unpaired) electrons. The summed E-state index contributed by atoms with van der Waals surface area (Å²) in [5, 5.41) is 3.48. The van der Waals surface area contributed by atoms with Gasteiger partial charge in [-0.2, -0.15) is 0 Å². The number of benzene rings is 2. The van der Waals surface area contributed by atoms with Gasteiger partial charge in [0, 0.05) is 18.2 Å². The maximum atomic E-state index is 5.75. The van der Waals surface area contributed by atoms with Crippen LogP contribution in [0.1, 0.15) is 26.3 Å². The zero-order valence-electron chi connectivity index (χ0n) is 12.5. The Morgan fingerprint density at radius 2 is 1.60 bits per heavy atom. The highest BCUT2D eigenvalue weighted by atomic mass is 16.5. The first-order valence-electron chi connectivity index (χ1n) is 7.26. The van der Waals surface area contributed by atoms with Crippen LogP contribution in [0.25, 0.3) is 11.1 Å². The molecule has 2 aromatic rings. The molecule has 20 heavy (non-hydrogen) atoms. The molecule has 0 saturated carbocycles. The Balaban J connectivity index is 2.37. The second-order valence-corrected chi connectivity index (χ2v) is 5.12. The molecule has 0 aliphatic heterocycles. The first kappa shape index (κ1) is 14.6. The molecule has 106 valence electrons. The lowest BCUT2D eigenvalue weighted by Gasteiger charge is -2.15. The largest absolute Gasteiger partial charge is 0.493 e. The van der Waals surface area contributed by atoms with E-state index in [4.69, 9.17) is 4.74 Å². The SMILES string of the molecule is CCOc1ccccc1-c1ccccc1CNC(C)C. The van der Waals surface area contributed by atoms with Gasteiger partial charge in [0.2, 0.25) is 0 Å². The summed E-state index contributed by atoms with van der Waals surface area (Å²) in [6, 6.07) is 17.2. The molecule has 0 aliphatic rings. The number of ether oxygens (including phenoxy) is 1. The molecule has 0 spiro atoms. The van der Waals surface area contributed by atoms with Crippen molar-refractivity contribution in [3.8, 4) is 16.9 Å². The fraction of sp³-hybridized carbons (Fsp3) is 0.333. The third-order valence-electron chi connectivity index (χ3n) is 3.20. The van der Waals surface area contributed by atoms with E-state index in [2.05, 4.69) is 55.6 Å². The second kappa shape index (κ2) is 7.11. The molecular formula is C18H23NO. The quantitative estimate of drug-likeness (QED) is 0.846. The normalized spacial score (nSPS) is 10.8. The number of nitrogens with one attached hydrogen (secondary N) is 1. The van der Waals surface area contributed by atoms with Gasteiger partial charge in [0.1, 0.15) is 5.75 Å². The van der Waals surface area contributed by atoms with E-state index >= 15 is 0 Å². The molecule has 0 atom stereocenters. The summed E-state index contributed by atoms with van der Waals surface area (Å²) in [5.41, 5.74) is 3.70. The summed E-state index contributed by atoms with van der Waals surface area (Å²) < 4.78 is 5.75. The molecule has 0 bridgehead atoms. The number of hydrogen-bond acceptors (Lipinski definition) is 2. The maximum absolute atomic E-state index is 5.75. The lowest BCUT2D eigenvalue weighted by molar-refractivity contribution is 0.341. The summed E-state index contributed by atoms with van der Waals surface area (Å²) in [4.78, 5) is 0. The van der Waals surface area contributed by atoms with Gasteiger partial charge in [-0.3, -0.25) is 0 Å². The van der Waals surface area contributed by atoms with E-state index in [9.17, 15) is 0 Å². The van der Waals surface area contributed by atoms with Gasteiger partial charge in [0.05, 0.1) is 6.61 Å². The first-order valence-corrected chi connectivity index (χ1v) is 7.26. The molecule has 0 aliphatic carbocycles. The molecule has 0 amide bonds. The van der Waals surface area contributed by atoms with Crippen molar-refractivity contribution in [3.63, 3.8) is 0 Å². The number of hydrogen-bond donors (Lipinski definition) is 1. The van der Waals surface area contributed by atoms with Gasteiger partial charge in [-0.25, -0.2) is 0 Å². The molecule has 2 aromatic carbocycles. The van der Waals surface area contributed by atoms with Crippen LogP contribution in [-0.4, -0.2) is 12.6 Å². The van der Waals surface area contributed by atoms with E-state index < -0.39 is 0 Å². The van der Waals surface area contributed by atoms with Crippen LogP contribution in [0.3, 0.4) is 0 Å². The Morgan fingerprint density at radius 1 is 0.950 bits per heavy atom. The van der Waals surface area contributed by atoms with Crippen molar-refractivity contribution < 1.29 is 4.74 Å². The average Bonchev–Trinajstić information content (AvgIpc) is 2.46. The Hall–Kier alpha value is -1.80. The van der Waals surface area contributed by atoms with Crippen LogP contribution in [0.15, 0.2) is 48.5 Å². The third-order valence-corrected chi connectivity index (χ3v) is 3.20. The fourth-order valence-electron chi connectivity index (χ4n) is 2.22. The maximum Gasteiger partial charge on any atom is 0.127 e. The van der Waals surface area contributed by atoms with Crippen molar-refractivity contribution in [2.75, 3.05) is 6.61 Å². The van der Waals surface area contributed by atoms with E-state index in [1.807, 2.05) is 19.1 Å². The highest BCUT2D eigenvalue weighted by molar-refractivity contribution is 5.73. The molecule has 0 saturated heterocycles. The van der Waals surface area contributed by atoms with Crippen LogP contribution in [0.5, 0.6) is 5.75 Å². The van der Waals surface area contributed by atoms with E-state index in [0.29, 0.717) is 12.6 Å². The van der Waals surface area contributed by atoms with E-state index in [-0.39, 0.29) is 0 Å². The summed E-state index contributed by atoms with van der Waals surface area (Å²) >= 11 is 0. The minimum Gasteiger partial charge on any atom is -0.493 e. The molecule has 0 unspecified atom stereocenters. The van der Waals surface area contributed by atoms with Gasteiger partial charge in [-0.15, -0.1) is 0 Å². The zero-order chi connectivity index (χ0) is 14.4. The predicted molar refractivity (Wildman–Crippen MR) is 85.0 cm³/mol. The number of rotatable bonds is 6. The molecule has 0 fully saturated rings. The first-order chi connectivity index (χ1) is 9.72. The molecule has 0 aromatic heterocycles. The lowest BCUT2D eigenvalue weighted by Crippen LogP contribution is -2.22. The monoisotopic (exact) mass is 269 g/mol. The minimum atomic E-state index is 0.477. The molecule has 2 rings (SSSR count). The van der Waals surface area contributed by atoms with Gasteiger partial charge >= 0.3 is 0 Å². The highest BCUT2D eigenvalue weighted by Gasteiger charge is 2.09. The topological polar surface area (TPSA) is 21.3 Å². The summed E-state index contributed by atoms with van der Waals surface area (Å²) in [6.07, 6.45) is 0. The zero-order valence-corrected chi connectivity index (χ0v) is 12.5. The van der Waals surface area contributed by atoms with E-state index in [1.165, 1.54) is 11.1 Å². The summed E-state index contributed by atoms with van der Waals surface area (Å²) in [5.74, 6) is 0.951. The predicted octanol–water partition coefficient (Wildman–Crippen LogP) is 4.25. The van der Waals surface area contributed by atoms with Crippen molar-refractivity contribution in [1.29, 1.82) is 0 Å². The van der Waals surface area contributed by atoms with Crippen LogP contribution in [-0.2, 0) is 6.54 Å². The van der Waals surface area contributed by atoms with Crippen molar-refractivity contribution in [1.82, 2.24) is 5.32 Å². The van der Waals surface area contributed by atoms with Gasteiger partial charge in [-0.05, 0) is 24.1 Å². The Morgan fingerprint density at radius 3 is 2.30 bits per heavy atom. The summed E-state index contributed by atoms with van der Waals surface area (Å²) in [7, 11) is 0. The minimum absolute atomic E-state index is 0.477. The van der Waals surface area contributed by atoms with Crippen molar-refractivity contribution >= 4 is 0 Å². The van der Waals surface area contributed by atoms with Crippen molar-refractivity contribution in [2.45, 2.75) is 33.4 Å². The van der Waals surface area contributed by atoms with Gasteiger partial charge < -0.3 is 10.1 Å². The van der Waals surface area contributed by atoms with Crippen molar-refractivity contribution in [3.05, 3.63) is 54.1 Å². The molecule has 2 heteroatoms. The number of para-hydroxylation sites is 1. The Kier molecular flexibility index (Phi) is 5.19. The highest BCUT2D eigenvalue weighted by Crippen LogP contribution is 2.32. The second-order valence-electron chi connectivity index (χ2n) is 5.12. The standard InChI is InChI=1S/C18H23NO/c1-4-20-18-12-8-7-11-17(18)16-10-6-5-9-15(16)13-19-14(2)3/h5-12,14,19H,4,13H2,1-3H3. The average molecular weight is 269 g/mol. The lowest BCUT2D eigenvalue weighted by atomic mass is 9.98. The summed E-state index contributed by atoms with van der Waals surface area (Å²) in [6.45, 7) is 7.90. The van der Waals surface area contributed by atoms with Crippen LogP contribution >= 0.6 is 0 Å². The van der Waals surface area contributed by atoms with Gasteiger partial charge in [-0.1, -0.05) is 56.3 Å². The van der Waals surface area contributed by atoms with Gasteiger partial charge in [0.15, 0.2) is 0 Å². The van der Waals surface area contributed by atoms with E-state index in [1.54, 1.807) is 0 Å². The Labute approximate surface area is 121 Å².